The number of rotatable bonds is 19. The smallest absolute Gasteiger partial charge is 0.377 e. The average Bonchev–Trinajstić information content (AvgIpc) is 3.01. The van der Waals surface area contributed by atoms with E-state index in [4.69, 9.17) is 37.4 Å². The van der Waals surface area contributed by atoms with Crippen molar-refractivity contribution in [2.75, 3.05) is 46.9 Å². The first-order chi connectivity index (χ1) is 22.1. The number of hydrazone groups is 1. The third kappa shape index (κ3) is 15.7. The molecule has 0 saturated carbocycles. The monoisotopic (exact) mass is 767 g/mol. The Bertz CT molecular complexity index is 1470. The summed E-state index contributed by atoms with van der Waals surface area (Å²) >= 11 is 11.1. The number of benzene rings is 2. The molecule has 1 aliphatic rings. The molecule has 4 atom stereocenters. The predicted octanol–water partition coefficient (Wildman–Crippen LogP) is 4.49. The second-order valence-electron chi connectivity index (χ2n) is 10.7. The van der Waals surface area contributed by atoms with Crippen LogP contribution in [0.1, 0.15) is 24.0 Å². The highest BCUT2D eigenvalue weighted by atomic mass is 32.4. The standard InChI is InChI=1S/C27H39N5O9P4S2/c1-30(28-18-23-6-10-25(39-3)11-7-23)43(47)41-27-14-8-24(9-15-27)19-29-31(2)42(46)40-26-12-4-22(5-13-26)16-17-32(20-44(33,34)35)21-45(36,37)38/h4-6,8-10,12-15,19,23,25,28H,7,11,16-18,20-21H2,1-3H3,(H2-2,33,34,35,36,37,38)/p+2/b29-19+. The minimum absolute atomic E-state index is 0.0480. The first-order valence-corrected chi connectivity index (χ1v) is 22.4. The summed E-state index contributed by atoms with van der Waals surface area (Å²) in [5.74, 6) is 1.58. The van der Waals surface area contributed by atoms with E-state index in [0.29, 0.717) is 23.8 Å². The summed E-state index contributed by atoms with van der Waals surface area (Å²) in [5.41, 5.74) is 4.97. The van der Waals surface area contributed by atoms with Gasteiger partial charge in [-0.25, -0.2) is 5.43 Å². The lowest BCUT2D eigenvalue weighted by Crippen LogP contribution is -2.34. The van der Waals surface area contributed by atoms with Gasteiger partial charge in [0.15, 0.2) is 11.5 Å². The van der Waals surface area contributed by atoms with Crippen LogP contribution in [0.4, 0.5) is 0 Å². The first-order valence-electron chi connectivity index (χ1n) is 14.4. The molecule has 5 N–H and O–H groups in total. The van der Waals surface area contributed by atoms with Crippen molar-refractivity contribution < 1.29 is 42.5 Å². The highest BCUT2D eigenvalue weighted by Crippen LogP contribution is 2.41. The van der Waals surface area contributed by atoms with Crippen molar-refractivity contribution in [3.8, 4) is 11.5 Å². The molecule has 0 heterocycles. The molecule has 258 valence electrons. The van der Waals surface area contributed by atoms with E-state index in [0.717, 1.165) is 35.4 Å². The highest BCUT2D eigenvalue weighted by Gasteiger charge is 2.26. The second-order valence-corrected chi connectivity index (χ2v) is 18.3. The van der Waals surface area contributed by atoms with Crippen molar-refractivity contribution in [2.45, 2.75) is 25.4 Å². The molecule has 0 amide bonds. The molecule has 2 aromatic rings. The molecule has 47 heavy (non-hydrogen) atoms. The molecule has 4 unspecified atom stereocenters. The summed E-state index contributed by atoms with van der Waals surface area (Å²) in [6.45, 7) is 0.824. The average molecular weight is 768 g/mol. The maximum atomic E-state index is 11.4. The highest BCUT2D eigenvalue weighted by molar-refractivity contribution is 8.02. The fourth-order valence-corrected chi connectivity index (χ4v) is 8.02. The van der Waals surface area contributed by atoms with Gasteiger partial charge in [0, 0.05) is 20.2 Å². The quantitative estimate of drug-likeness (QED) is 0.0585. The van der Waals surface area contributed by atoms with E-state index in [9.17, 15) is 28.7 Å². The van der Waals surface area contributed by atoms with Crippen LogP contribution in [0, 0.1) is 5.92 Å². The zero-order chi connectivity index (χ0) is 34.6. The van der Waals surface area contributed by atoms with Crippen LogP contribution in [0.25, 0.3) is 0 Å². The Kier molecular flexibility index (Phi) is 16.1. The van der Waals surface area contributed by atoms with Gasteiger partial charge in [0.25, 0.3) is 0 Å². The Morgan fingerprint density at radius 2 is 1.49 bits per heavy atom. The van der Waals surface area contributed by atoms with Gasteiger partial charge in [0.05, 0.1) is 26.4 Å². The van der Waals surface area contributed by atoms with Crippen LogP contribution in [0.5, 0.6) is 11.5 Å². The molecular formula is C27H41N5O9P4S2+2. The van der Waals surface area contributed by atoms with Crippen LogP contribution in [0.2, 0.25) is 0 Å². The van der Waals surface area contributed by atoms with E-state index in [1.54, 1.807) is 49.4 Å². The first kappa shape index (κ1) is 39.9. The lowest BCUT2D eigenvalue weighted by Gasteiger charge is -2.22. The lowest BCUT2D eigenvalue weighted by molar-refractivity contribution is 0.121. The number of nitrogens with one attached hydrogen (secondary N) is 1. The molecule has 0 spiro atoms. The minimum Gasteiger partial charge on any atom is -0.377 e. The number of ether oxygens (including phenoxy) is 1. The zero-order valence-electron chi connectivity index (χ0n) is 26.2. The van der Waals surface area contributed by atoms with Crippen molar-refractivity contribution in [3.05, 3.63) is 71.8 Å². The summed E-state index contributed by atoms with van der Waals surface area (Å²) in [7, 11) is -6.49. The largest absolute Gasteiger partial charge is 0.540 e. The molecule has 0 aromatic heterocycles. The molecule has 0 radical (unpaired) electrons. The summed E-state index contributed by atoms with van der Waals surface area (Å²) in [4.78, 5) is 38.0. The van der Waals surface area contributed by atoms with E-state index >= 15 is 0 Å². The Morgan fingerprint density at radius 3 is 2.02 bits per heavy atom. The predicted molar refractivity (Wildman–Crippen MR) is 191 cm³/mol. The van der Waals surface area contributed by atoms with Gasteiger partial charge in [-0.15, -0.1) is 5.10 Å². The van der Waals surface area contributed by atoms with Gasteiger partial charge in [-0.05, 0) is 77.5 Å². The fourth-order valence-electron chi connectivity index (χ4n) is 4.34. The third-order valence-electron chi connectivity index (χ3n) is 6.82. The van der Waals surface area contributed by atoms with Gasteiger partial charge >= 0.3 is 29.3 Å². The van der Waals surface area contributed by atoms with Crippen LogP contribution < -0.4 is 14.5 Å². The van der Waals surface area contributed by atoms with Crippen molar-refractivity contribution >= 4 is 59.2 Å². The van der Waals surface area contributed by atoms with E-state index in [1.165, 1.54) is 0 Å². The number of hydrogen-bond acceptors (Lipinski definition) is 10. The number of methoxy groups -OCH3 is 1. The van der Waals surface area contributed by atoms with Gasteiger partial charge < -0.3 is 24.3 Å². The Morgan fingerprint density at radius 1 is 0.915 bits per heavy atom. The Balaban J connectivity index is 1.43. The zero-order valence-corrected chi connectivity index (χ0v) is 31.4. The van der Waals surface area contributed by atoms with Gasteiger partial charge in [-0.2, -0.15) is 0 Å². The molecule has 0 fully saturated rings. The van der Waals surface area contributed by atoms with E-state index in [-0.39, 0.29) is 12.6 Å². The van der Waals surface area contributed by atoms with E-state index < -0.39 is 41.9 Å². The summed E-state index contributed by atoms with van der Waals surface area (Å²) in [6.07, 6.45) is 7.04. The molecule has 14 nitrogen and oxygen atoms in total. The van der Waals surface area contributed by atoms with Gasteiger partial charge in [0.1, 0.15) is 12.6 Å². The number of hydrogen-bond donors (Lipinski definition) is 5. The van der Waals surface area contributed by atoms with Gasteiger partial charge in [-0.3, -0.25) is 23.1 Å². The molecule has 0 saturated heterocycles. The maximum absolute atomic E-state index is 11.4. The molecule has 20 heteroatoms. The molecule has 0 aliphatic heterocycles. The fraction of sp³-hybridized carbons (Fsp3) is 0.444. The molecule has 2 aromatic carbocycles. The molecule has 3 rings (SSSR count). The van der Waals surface area contributed by atoms with Gasteiger partial charge in [-0.1, -0.05) is 29.1 Å². The van der Waals surface area contributed by atoms with Crippen LogP contribution >= 0.6 is 29.3 Å². The molecule has 0 bridgehead atoms. The summed E-state index contributed by atoms with van der Waals surface area (Å²) in [6, 6.07) is 14.3. The minimum atomic E-state index is -4.49. The summed E-state index contributed by atoms with van der Waals surface area (Å²) in [5, 5.41) is 4.40. The second kappa shape index (κ2) is 19.0. The van der Waals surface area contributed by atoms with Gasteiger partial charge in [0.2, 0.25) is 23.6 Å². The third-order valence-corrected chi connectivity index (χ3v) is 12.2. The van der Waals surface area contributed by atoms with Crippen molar-refractivity contribution in [1.82, 2.24) is 19.9 Å². The van der Waals surface area contributed by atoms with Crippen molar-refractivity contribution in [2.24, 2.45) is 11.0 Å². The molecular weight excluding hydrogens is 726 g/mol. The number of nitrogens with zero attached hydrogens (tertiary/aromatic N) is 4. The Labute approximate surface area is 287 Å². The number of hydrazine groups is 1. The lowest BCUT2D eigenvalue weighted by atomic mass is 9.94. The topological polar surface area (TPSA) is 177 Å². The van der Waals surface area contributed by atoms with Crippen LogP contribution in [-0.4, -0.2) is 93.2 Å². The van der Waals surface area contributed by atoms with Crippen LogP contribution in [0.15, 0.2) is 65.8 Å². The van der Waals surface area contributed by atoms with Crippen LogP contribution in [-0.2, 0) is 43.9 Å². The van der Waals surface area contributed by atoms with Crippen LogP contribution in [0.3, 0.4) is 0 Å². The SMILES string of the molecule is COC1C=CC(CNN(C)[P+](=S)Oc2ccc(/C=N/N(C)[P+](=S)Oc3ccc(CCN(CP(=O)(O)O)CP(=O)(O)O)cc3)cc2)CC1. The summed E-state index contributed by atoms with van der Waals surface area (Å²) < 4.78 is 43.3. The van der Waals surface area contributed by atoms with E-state index in [1.807, 2.05) is 36.1 Å². The van der Waals surface area contributed by atoms with Crippen molar-refractivity contribution in [3.63, 3.8) is 0 Å². The van der Waals surface area contributed by atoms with Crippen molar-refractivity contribution in [1.29, 1.82) is 0 Å². The van der Waals surface area contributed by atoms with E-state index in [2.05, 4.69) is 22.7 Å². The normalized spacial score (nSPS) is 17.7. The maximum Gasteiger partial charge on any atom is 0.540 e. The molecule has 1 aliphatic carbocycles. The Hall–Kier alpha value is -1.57.